The number of rotatable bonds is 8. The fourth-order valence-electron chi connectivity index (χ4n) is 3.88. The molecule has 1 heterocycles. The van der Waals surface area contributed by atoms with Gasteiger partial charge in [-0.2, -0.15) is 0 Å². The molecule has 0 saturated carbocycles. The lowest BCUT2D eigenvalue weighted by Crippen LogP contribution is -2.39. The lowest BCUT2D eigenvalue weighted by atomic mass is 10.2. The maximum atomic E-state index is 12.3. The molecule has 35 heavy (non-hydrogen) atoms. The number of hydrogen-bond acceptors (Lipinski definition) is 5. The zero-order valence-corrected chi connectivity index (χ0v) is 20.6. The molecule has 182 valence electrons. The first kappa shape index (κ1) is 24.7. The Labute approximate surface area is 212 Å². The molecule has 0 bridgehead atoms. The minimum atomic E-state index is -0.197. The summed E-state index contributed by atoms with van der Waals surface area (Å²) in [7, 11) is 0. The molecule has 1 aliphatic rings. The molecule has 6 nitrogen and oxygen atoms in total. The van der Waals surface area contributed by atoms with Gasteiger partial charge in [0.15, 0.2) is 5.11 Å². The van der Waals surface area contributed by atoms with Crippen molar-refractivity contribution in [3.05, 3.63) is 96.1 Å². The van der Waals surface area contributed by atoms with E-state index < -0.39 is 0 Å². The van der Waals surface area contributed by atoms with E-state index in [1.54, 1.807) is 0 Å². The van der Waals surface area contributed by atoms with Crippen LogP contribution in [0.1, 0.15) is 17.5 Å². The summed E-state index contributed by atoms with van der Waals surface area (Å²) in [6.07, 6.45) is 0.931. The van der Waals surface area contributed by atoms with E-state index in [2.05, 4.69) is 15.1 Å². The van der Waals surface area contributed by atoms with E-state index in [0.29, 0.717) is 24.9 Å². The van der Waals surface area contributed by atoms with Gasteiger partial charge in [-0.3, -0.25) is 9.69 Å². The predicted octanol–water partition coefficient (Wildman–Crippen LogP) is 4.71. The van der Waals surface area contributed by atoms with Crippen molar-refractivity contribution in [2.75, 3.05) is 38.0 Å². The summed E-state index contributed by atoms with van der Waals surface area (Å²) in [5, 5.41) is 4.02. The van der Waals surface area contributed by atoms with Crippen molar-refractivity contribution in [1.82, 2.24) is 9.80 Å². The van der Waals surface area contributed by atoms with Gasteiger partial charge < -0.3 is 19.7 Å². The van der Waals surface area contributed by atoms with Crippen LogP contribution < -0.4 is 10.1 Å². The first-order valence-electron chi connectivity index (χ1n) is 11.9. The highest BCUT2D eigenvalue weighted by atomic mass is 32.1. The zero-order valence-electron chi connectivity index (χ0n) is 19.8. The Balaban J connectivity index is 1.19. The average Bonchev–Trinajstić information content (AvgIpc) is 3.14. The molecule has 0 unspecified atom stereocenters. The lowest BCUT2D eigenvalue weighted by Gasteiger charge is -2.24. The van der Waals surface area contributed by atoms with Gasteiger partial charge in [0.2, 0.25) is 0 Å². The smallest absolute Gasteiger partial charge is 0.320 e. The molecule has 0 aromatic heterocycles. The summed E-state index contributed by atoms with van der Waals surface area (Å²) in [5.74, 6) is 0.618. The first-order chi connectivity index (χ1) is 17.2. The van der Waals surface area contributed by atoms with E-state index in [0.717, 1.165) is 55.2 Å². The summed E-state index contributed by atoms with van der Waals surface area (Å²) in [4.78, 5) is 16.6. The molecule has 7 heteroatoms. The van der Waals surface area contributed by atoms with Crippen molar-refractivity contribution in [3.63, 3.8) is 0 Å². The summed E-state index contributed by atoms with van der Waals surface area (Å²) >= 11 is 5.66. The molecule has 0 aliphatic carbocycles. The Hall–Kier alpha value is -3.42. The molecule has 0 amide bonds. The van der Waals surface area contributed by atoms with Crippen molar-refractivity contribution in [2.45, 2.75) is 19.6 Å². The van der Waals surface area contributed by atoms with E-state index in [-0.39, 0.29) is 5.97 Å². The van der Waals surface area contributed by atoms with Crippen LogP contribution in [0.2, 0.25) is 0 Å². The highest BCUT2D eigenvalue weighted by Gasteiger charge is 2.19. The topological polar surface area (TPSA) is 54.0 Å². The Morgan fingerprint density at radius 1 is 0.800 bits per heavy atom. The second-order valence-electron chi connectivity index (χ2n) is 8.49. The fourth-order valence-corrected chi connectivity index (χ4v) is 4.18. The summed E-state index contributed by atoms with van der Waals surface area (Å²) in [5.41, 5.74) is 3.05. The van der Waals surface area contributed by atoms with Gasteiger partial charge in [0, 0.05) is 31.9 Å². The Bertz CT molecular complexity index is 1080. The molecule has 4 rings (SSSR count). The monoisotopic (exact) mass is 489 g/mol. The van der Waals surface area contributed by atoms with Crippen LogP contribution in [-0.2, 0) is 22.7 Å². The number of benzene rings is 3. The highest BCUT2D eigenvalue weighted by molar-refractivity contribution is 7.80. The van der Waals surface area contributed by atoms with E-state index in [1.165, 1.54) is 0 Å². The molecule has 1 fully saturated rings. The molecular formula is C28H31N3O3S. The van der Waals surface area contributed by atoms with Gasteiger partial charge in [-0.25, -0.2) is 0 Å². The van der Waals surface area contributed by atoms with E-state index in [4.69, 9.17) is 21.7 Å². The normalized spacial score (nSPS) is 14.1. The van der Waals surface area contributed by atoms with Crippen LogP contribution in [0.25, 0.3) is 0 Å². The van der Waals surface area contributed by atoms with Crippen LogP contribution >= 0.6 is 12.2 Å². The molecule has 1 N–H and O–H groups in total. The second-order valence-corrected chi connectivity index (χ2v) is 8.88. The predicted molar refractivity (Wildman–Crippen MR) is 142 cm³/mol. The van der Waals surface area contributed by atoms with E-state index in [1.807, 2.05) is 84.9 Å². The van der Waals surface area contributed by atoms with Crippen molar-refractivity contribution < 1.29 is 14.3 Å². The number of carbonyl (C=O) groups excluding carboxylic acids is 1. The number of esters is 1. The molecule has 1 aliphatic heterocycles. The largest absolute Gasteiger partial charge is 0.489 e. The minimum absolute atomic E-state index is 0.197. The number of anilines is 1. The summed E-state index contributed by atoms with van der Waals surface area (Å²) in [6.45, 7) is 4.35. The molecular weight excluding hydrogens is 458 g/mol. The number of hydrogen-bond donors (Lipinski definition) is 1. The maximum Gasteiger partial charge on any atom is 0.320 e. The van der Waals surface area contributed by atoms with Crippen LogP contribution in [0, 0.1) is 0 Å². The number of nitrogens with one attached hydrogen (secondary N) is 1. The molecule has 3 aromatic carbocycles. The van der Waals surface area contributed by atoms with Crippen LogP contribution in [0.15, 0.2) is 84.9 Å². The molecule has 1 saturated heterocycles. The Morgan fingerprint density at radius 3 is 2.14 bits per heavy atom. The van der Waals surface area contributed by atoms with Crippen molar-refractivity contribution in [1.29, 1.82) is 0 Å². The van der Waals surface area contributed by atoms with Crippen molar-refractivity contribution >= 4 is 29.0 Å². The van der Waals surface area contributed by atoms with Gasteiger partial charge in [0.05, 0.1) is 6.54 Å². The van der Waals surface area contributed by atoms with Crippen molar-refractivity contribution in [3.8, 4) is 5.75 Å². The number of carbonyl (C=O) groups is 1. The first-order valence-corrected chi connectivity index (χ1v) is 12.3. The third kappa shape index (κ3) is 8.09. The van der Waals surface area contributed by atoms with E-state index >= 15 is 0 Å². The van der Waals surface area contributed by atoms with Crippen molar-refractivity contribution in [2.24, 2.45) is 0 Å². The summed E-state index contributed by atoms with van der Waals surface area (Å²) < 4.78 is 11.3. The SMILES string of the molecule is O=C(CN1CCCN(C(=S)Nc2ccc(OCc3ccccc3)cc2)CC1)OCc1ccccc1. The number of ether oxygens (including phenoxy) is 2. The van der Waals surface area contributed by atoms with E-state index in [9.17, 15) is 4.79 Å². The number of nitrogens with zero attached hydrogens (tertiary/aromatic N) is 2. The lowest BCUT2D eigenvalue weighted by molar-refractivity contribution is -0.146. The maximum absolute atomic E-state index is 12.3. The standard InChI is InChI=1S/C28H31N3O3S/c32-27(34-22-24-10-5-2-6-11-24)20-30-16-7-17-31(19-18-30)28(35)29-25-12-14-26(15-13-25)33-21-23-8-3-1-4-9-23/h1-6,8-15H,7,16-22H2,(H,29,35). The number of thiocarbonyl (C=S) groups is 1. The zero-order chi connectivity index (χ0) is 24.3. The highest BCUT2D eigenvalue weighted by Crippen LogP contribution is 2.18. The Kier molecular flexibility index (Phi) is 9.09. The third-order valence-corrected chi connectivity index (χ3v) is 6.19. The van der Waals surface area contributed by atoms with Crippen LogP contribution in [0.3, 0.4) is 0 Å². The van der Waals surface area contributed by atoms with Gasteiger partial charge >= 0.3 is 5.97 Å². The molecule has 3 aromatic rings. The minimum Gasteiger partial charge on any atom is -0.489 e. The molecule has 0 spiro atoms. The third-order valence-electron chi connectivity index (χ3n) is 5.82. The van der Waals surface area contributed by atoms with Crippen LogP contribution in [-0.4, -0.2) is 53.6 Å². The molecule has 0 atom stereocenters. The second kappa shape index (κ2) is 12.9. The average molecular weight is 490 g/mol. The fraction of sp³-hybridized carbons (Fsp3) is 0.286. The van der Waals surface area contributed by atoms with Crippen LogP contribution in [0.5, 0.6) is 5.75 Å². The molecule has 0 radical (unpaired) electrons. The van der Waals surface area contributed by atoms with Gasteiger partial charge in [-0.1, -0.05) is 60.7 Å². The quantitative estimate of drug-likeness (QED) is 0.363. The summed E-state index contributed by atoms with van der Waals surface area (Å²) in [6, 6.07) is 27.7. The van der Waals surface area contributed by atoms with Crippen LogP contribution in [0.4, 0.5) is 5.69 Å². The Morgan fingerprint density at radius 2 is 1.46 bits per heavy atom. The van der Waals surface area contributed by atoms with Gasteiger partial charge in [-0.05, 0) is 54.0 Å². The van der Waals surface area contributed by atoms with Gasteiger partial charge in [0.1, 0.15) is 19.0 Å². The van der Waals surface area contributed by atoms with Gasteiger partial charge in [0.25, 0.3) is 0 Å². The van der Waals surface area contributed by atoms with Gasteiger partial charge in [-0.15, -0.1) is 0 Å².